The highest BCUT2D eigenvalue weighted by Gasteiger charge is 2.31. The van der Waals surface area contributed by atoms with Crippen molar-refractivity contribution in [3.63, 3.8) is 0 Å². The average Bonchev–Trinajstić information content (AvgIpc) is 2.66. The Labute approximate surface area is 160 Å². The summed E-state index contributed by atoms with van der Waals surface area (Å²) in [5.41, 5.74) is -0.150. The first-order chi connectivity index (χ1) is 13.3. The highest BCUT2D eigenvalue weighted by atomic mass is 19.4. The molecular weight excluding hydrogens is 373 g/mol. The molecule has 1 amide bonds. The topological polar surface area (TPSA) is 71.3 Å². The molecule has 0 saturated carbocycles. The van der Waals surface area contributed by atoms with E-state index in [9.17, 15) is 18.0 Å². The first-order valence-electron chi connectivity index (χ1n) is 8.56. The Kier molecular flexibility index (Phi) is 7.27. The van der Waals surface area contributed by atoms with E-state index < -0.39 is 17.6 Å². The molecule has 5 nitrogen and oxygen atoms in total. The van der Waals surface area contributed by atoms with E-state index in [0.717, 1.165) is 17.7 Å². The number of nitrogens with one attached hydrogen (secondary N) is 1. The van der Waals surface area contributed by atoms with Crippen molar-refractivity contribution in [1.82, 2.24) is 0 Å². The molecule has 0 radical (unpaired) electrons. The van der Waals surface area contributed by atoms with Crippen LogP contribution < -0.4 is 14.8 Å². The molecule has 1 N–H and O–H groups in total. The van der Waals surface area contributed by atoms with Gasteiger partial charge in [-0.25, -0.2) is 0 Å². The molecule has 28 heavy (non-hydrogen) atoms. The summed E-state index contributed by atoms with van der Waals surface area (Å²) in [6.07, 6.45) is -3.61. The molecule has 0 heterocycles. The van der Waals surface area contributed by atoms with Crippen LogP contribution in [0.2, 0.25) is 0 Å². The number of hydrogen-bond donors (Lipinski definition) is 1. The van der Waals surface area contributed by atoms with Crippen LogP contribution in [0.3, 0.4) is 0 Å². The lowest BCUT2D eigenvalue weighted by Crippen LogP contribution is -2.21. The van der Waals surface area contributed by atoms with E-state index in [-0.39, 0.29) is 24.5 Å². The maximum Gasteiger partial charge on any atom is 0.416 e. The first kappa shape index (κ1) is 21.1. The van der Waals surface area contributed by atoms with Crippen LogP contribution in [-0.2, 0) is 17.4 Å². The molecule has 0 bridgehead atoms. The number of carbonyl (C=O) groups is 1. The van der Waals surface area contributed by atoms with Crippen molar-refractivity contribution < 1.29 is 27.4 Å². The number of anilines is 1. The van der Waals surface area contributed by atoms with Gasteiger partial charge in [-0.15, -0.1) is 0 Å². The molecule has 0 fully saturated rings. The fourth-order valence-corrected chi connectivity index (χ4v) is 2.27. The molecule has 0 atom stereocenters. The molecule has 8 heteroatoms. The third-order valence-electron chi connectivity index (χ3n) is 3.62. The average molecular weight is 392 g/mol. The largest absolute Gasteiger partial charge is 0.491 e. The number of rotatable bonds is 8. The third-order valence-corrected chi connectivity index (χ3v) is 3.62. The highest BCUT2D eigenvalue weighted by Crippen LogP contribution is 2.35. The summed E-state index contributed by atoms with van der Waals surface area (Å²) in [7, 11) is 0. The molecule has 0 saturated heterocycles. The van der Waals surface area contributed by atoms with Crippen molar-refractivity contribution in [2.45, 2.75) is 25.9 Å². The van der Waals surface area contributed by atoms with Crippen molar-refractivity contribution in [2.75, 3.05) is 18.5 Å². The number of alkyl halides is 3. The predicted molar refractivity (Wildman–Crippen MR) is 97.1 cm³/mol. The predicted octanol–water partition coefficient (Wildman–Crippen LogP) is 4.58. The molecule has 0 aliphatic heterocycles. The quantitative estimate of drug-likeness (QED) is 0.714. The van der Waals surface area contributed by atoms with Gasteiger partial charge in [-0.2, -0.15) is 18.4 Å². The highest BCUT2D eigenvalue weighted by molar-refractivity contribution is 5.93. The molecule has 2 aromatic rings. The number of nitriles is 1. The Morgan fingerprint density at radius 1 is 1.14 bits per heavy atom. The van der Waals surface area contributed by atoms with E-state index in [1.165, 1.54) is 6.07 Å². The van der Waals surface area contributed by atoms with E-state index in [1.807, 2.05) is 13.0 Å². The molecule has 2 aromatic carbocycles. The normalized spacial score (nSPS) is 10.8. The summed E-state index contributed by atoms with van der Waals surface area (Å²) in [4.78, 5) is 12.1. The monoisotopic (exact) mass is 392 g/mol. The molecule has 2 rings (SSSR count). The van der Waals surface area contributed by atoms with Gasteiger partial charge in [0.15, 0.2) is 6.61 Å². The summed E-state index contributed by atoms with van der Waals surface area (Å²) >= 11 is 0. The number of benzene rings is 2. The number of amides is 1. The Hall–Kier alpha value is -3.21. The summed E-state index contributed by atoms with van der Waals surface area (Å²) in [5.74, 6) is -0.0610. The van der Waals surface area contributed by atoms with Gasteiger partial charge in [-0.05, 0) is 42.3 Å². The van der Waals surface area contributed by atoms with E-state index >= 15 is 0 Å². The van der Waals surface area contributed by atoms with Crippen LogP contribution in [0.25, 0.3) is 0 Å². The minimum atomic E-state index is -4.54. The standard InChI is InChI=1S/C20H19F3N2O3/c1-2-11-27-18-8-5-15(20(21,22)23)12-17(18)25-19(26)13-28-16-6-3-14(4-7-16)9-10-24/h3-8,12H,2,9,11,13H2,1H3,(H,25,26). The fraction of sp³-hybridized carbons (Fsp3) is 0.300. The van der Waals surface area contributed by atoms with Crippen molar-refractivity contribution in [3.8, 4) is 17.6 Å². The first-order valence-corrected chi connectivity index (χ1v) is 8.56. The second kappa shape index (κ2) is 9.65. The van der Waals surface area contributed by atoms with E-state index in [0.29, 0.717) is 18.8 Å². The lowest BCUT2D eigenvalue weighted by molar-refractivity contribution is -0.137. The van der Waals surface area contributed by atoms with Crippen molar-refractivity contribution >= 4 is 11.6 Å². The summed E-state index contributed by atoms with van der Waals surface area (Å²) in [6, 6.07) is 11.5. The second-order valence-electron chi connectivity index (χ2n) is 5.87. The number of nitrogens with zero attached hydrogens (tertiary/aromatic N) is 1. The SMILES string of the molecule is CCCOc1ccc(C(F)(F)F)cc1NC(=O)COc1ccc(CC#N)cc1. The van der Waals surface area contributed by atoms with Gasteiger partial charge in [-0.3, -0.25) is 4.79 Å². The van der Waals surface area contributed by atoms with E-state index in [1.54, 1.807) is 24.3 Å². The van der Waals surface area contributed by atoms with Crippen LogP contribution in [0.1, 0.15) is 24.5 Å². The molecule has 0 aliphatic rings. The molecule has 148 valence electrons. The van der Waals surface area contributed by atoms with Crippen LogP contribution in [0, 0.1) is 11.3 Å². The number of carbonyl (C=O) groups excluding carboxylic acids is 1. The molecule has 0 unspecified atom stereocenters. The van der Waals surface area contributed by atoms with Gasteiger partial charge in [-0.1, -0.05) is 19.1 Å². The number of hydrogen-bond acceptors (Lipinski definition) is 4. The molecule has 0 spiro atoms. The summed E-state index contributed by atoms with van der Waals surface area (Å²) < 4.78 is 49.6. The van der Waals surface area contributed by atoms with Gasteiger partial charge in [0, 0.05) is 0 Å². The van der Waals surface area contributed by atoms with Crippen molar-refractivity contribution in [1.29, 1.82) is 5.26 Å². The zero-order chi connectivity index (χ0) is 20.6. The number of ether oxygens (including phenoxy) is 2. The van der Waals surface area contributed by atoms with E-state index in [4.69, 9.17) is 14.7 Å². The van der Waals surface area contributed by atoms with Gasteiger partial charge < -0.3 is 14.8 Å². The third kappa shape index (κ3) is 6.20. The summed E-state index contributed by atoms with van der Waals surface area (Å²) in [5, 5.41) is 11.0. The van der Waals surface area contributed by atoms with Gasteiger partial charge in [0.2, 0.25) is 0 Å². The lowest BCUT2D eigenvalue weighted by Gasteiger charge is -2.15. The lowest BCUT2D eigenvalue weighted by atomic mass is 10.1. The second-order valence-corrected chi connectivity index (χ2v) is 5.87. The van der Waals surface area contributed by atoms with Crippen LogP contribution in [0.5, 0.6) is 11.5 Å². The zero-order valence-corrected chi connectivity index (χ0v) is 15.2. The Morgan fingerprint density at radius 3 is 2.46 bits per heavy atom. The van der Waals surface area contributed by atoms with Gasteiger partial charge >= 0.3 is 6.18 Å². The van der Waals surface area contributed by atoms with Crippen LogP contribution in [0.15, 0.2) is 42.5 Å². The Bertz CT molecular complexity index is 843. The maximum atomic E-state index is 12.9. The smallest absolute Gasteiger partial charge is 0.416 e. The maximum absolute atomic E-state index is 12.9. The van der Waals surface area contributed by atoms with Crippen LogP contribution in [0.4, 0.5) is 18.9 Å². The Morgan fingerprint density at radius 2 is 1.86 bits per heavy atom. The minimum Gasteiger partial charge on any atom is -0.491 e. The van der Waals surface area contributed by atoms with Crippen molar-refractivity contribution in [2.24, 2.45) is 0 Å². The fourth-order valence-electron chi connectivity index (χ4n) is 2.27. The minimum absolute atomic E-state index is 0.0683. The van der Waals surface area contributed by atoms with Crippen LogP contribution >= 0.6 is 0 Å². The number of halogens is 3. The molecular formula is C20H19F3N2O3. The van der Waals surface area contributed by atoms with E-state index in [2.05, 4.69) is 5.32 Å². The molecule has 0 aliphatic carbocycles. The Balaban J connectivity index is 2.05. The molecule has 0 aromatic heterocycles. The van der Waals surface area contributed by atoms with Gasteiger partial charge in [0.25, 0.3) is 5.91 Å². The summed E-state index contributed by atoms with van der Waals surface area (Å²) in [6.45, 7) is 1.78. The van der Waals surface area contributed by atoms with Crippen molar-refractivity contribution in [3.05, 3.63) is 53.6 Å². The zero-order valence-electron chi connectivity index (χ0n) is 15.2. The van der Waals surface area contributed by atoms with Gasteiger partial charge in [0.1, 0.15) is 11.5 Å². The van der Waals surface area contributed by atoms with Crippen LogP contribution in [-0.4, -0.2) is 19.1 Å². The van der Waals surface area contributed by atoms with Gasteiger partial charge in [0.05, 0.1) is 30.3 Å².